The van der Waals surface area contributed by atoms with Crippen LogP contribution in [0.2, 0.25) is 0 Å². The van der Waals surface area contributed by atoms with Crippen molar-refractivity contribution in [3.05, 3.63) is 29.3 Å². The number of nitrogens with one attached hydrogen (secondary N) is 2. The number of amides is 1. The molecule has 1 aliphatic heterocycles. The van der Waals surface area contributed by atoms with Gasteiger partial charge in [0.05, 0.1) is 6.42 Å². The minimum absolute atomic E-state index is 0.0488. The monoisotopic (exact) mass is 210 g/mol. The minimum Gasteiger partial charge on any atom is -0.326 e. The van der Waals surface area contributed by atoms with E-state index in [1.54, 1.807) is 7.05 Å². The zero-order valence-corrected chi connectivity index (χ0v) is 8.56. The highest BCUT2D eigenvalue weighted by Crippen LogP contribution is 2.27. The molecule has 1 amide bonds. The van der Waals surface area contributed by atoms with E-state index in [1.165, 1.54) is 0 Å². The second-order valence-electron chi connectivity index (χ2n) is 3.29. The zero-order chi connectivity index (χ0) is 10.1. The van der Waals surface area contributed by atoms with Crippen molar-refractivity contribution in [1.82, 2.24) is 5.32 Å². The first kappa shape index (κ1) is 9.49. The molecule has 0 radical (unpaired) electrons. The van der Waals surface area contributed by atoms with Crippen molar-refractivity contribution >= 4 is 23.2 Å². The van der Waals surface area contributed by atoms with Crippen molar-refractivity contribution in [3.8, 4) is 0 Å². The van der Waals surface area contributed by atoms with Crippen LogP contribution in [0.1, 0.15) is 16.6 Å². The third-order valence-electron chi connectivity index (χ3n) is 2.30. The Hall–Kier alpha value is -1.06. The summed E-state index contributed by atoms with van der Waals surface area (Å²) >= 11 is 6.01. The van der Waals surface area contributed by atoms with Gasteiger partial charge in [-0.3, -0.25) is 4.79 Å². The topological polar surface area (TPSA) is 41.1 Å². The van der Waals surface area contributed by atoms with E-state index in [9.17, 15) is 4.79 Å². The maximum absolute atomic E-state index is 11.1. The molecule has 1 heterocycles. The molecular formula is C10H11ClN2O. The highest BCUT2D eigenvalue weighted by molar-refractivity contribution is 6.20. The van der Waals surface area contributed by atoms with Crippen LogP contribution in [-0.4, -0.2) is 13.0 Å². The molecule has 74 valence electrons. The molecule has 0 bridgehead atoms. The normalized spacial score (nSPS) is 16.3. The summed E-state index contributed by atoms with van der Waals surface area (Å²) in [4.78, 5) is 11.1. The Labute approximate surface area is 87.4 Å². The number of fused-ring (bicyclic) bond motifs is 1. The highest BCUT2D eigenvalue weighted by atomic mass is 35.5. The SMILES string of the molecule is CNC(Cl)c1ccc2c(c1)CC(=O)N2. The molecule has 2 N–H and O–H groups in total. The lowest BCUT2D eigenvalue weighted by atomic mass is 10.1. The fourth-order valence-corrected chi connectivity index (χ4v) is 1.71. The quantitative estimate of drug-likeness (QED) is 0.576. The summed E-state index contributed by atoms with van der Waals surface area (Å²) in [5.74, 6) is 0.0488. The molecule has 1 aliphatic rings. The number of hydrogen-bond donors (Lipinski definition) is 2. The maximum atomic E-state index is 11.1. The maximum Gasteiger partial charge on any atom is 0.228 e. The van der Waals surface area contributed by atoms with Gasteiger partial charge in [0.1, 0.15) is 5.50 Å². The molecule has 0 saturated heterocycles. The molecule has 2 rings (SSSR count). The van der Waals surface area contributed by atoms with E-state index in [4.69, 9.17) is 11.6 Å². The van der Waals surface area contributed by atoms with Crippen LogP contribution in [0.25, 0.3) is 0 Å². The van der Waals surface area contributed by atoms with Crippen LogP contribution in [0, 0.1) is 0 Å². The summed E-state index contributed by atoms with van der Waals surface area (Å²) in [5.41, 5.74) is 2.72. The summed E-state index contributed by atoms with van der Waals surface area (Å²) in [5, 5.41) is 5.72. The molecule has 1 aromatic carbocycles. The Morgan fingerprint density at radius 1 is 1.57 bits per heavy atom. The average Bonchev–Trinajstić information content (AvgIpc) is 2.55. The van der Waals surface area contributed by atoms with Gasteiger partial charge in [0, 0.05) is 5.69 Å². The Morgan fingerprint density at radius 3 is 3.07 bits per heavy atom. The standard InChI is InChI=1S/C10H11ClN2O/c1-12-10(11)6-2-3-8-7(4-6)5-9(14)13-8/h2-4,10,12H,5H2,1H3,(H,13,14). The van der Waals surface area contributed by atoms with Gasteiger partial charge < -0.3 is 10.6 Å². The summed E-state index contributed by atoms with van der Waals surface area (Å²) in [6, 6.07) is 5.77. The first-order valence-electron chi connectivity index (χ1n) is 4.44. The van der Waals surface area contributed by atoms with Crippen LogP contribution in [0.15, 0.2) is 18.2 Å². The number of carbonyl (C=O) groups excluding carboxylic acids is 1. The van der Waals surface area contributed by atoms with E-state index in [0.29, 0.717) is 6.42 Å². The van der Waals surface area contributed by atoms with E-state index in [-0.39, 0.29) is 11.4 Å². The second kappa shape index (κ2) is 3.59. The van der Waals surface area contributed by atoms with E-state index >= 15 is 0 Å². The molecule has 1 aromatic rings. The van der Waals surface area contributed by atoms with E-state index in [0.717, 1.165) is 16.8 Å². The molecule has 0 spiro atoms. The molecule has 14 heavy (non-hydrogen) atoms. The van der Waals surface area contributed by atoms with Crippen molar-refractivity contribution in [2.45, 2.75) is 11.9 Å². The van der Waals surface area contributed by atoms with Gasteiger partial charge in [-0.05, 0) is 24.2 Å². The fraction of sp³-hybridized carbons (Fsp3) is 0.300. The number of benzene rings is 1. The van der Waals surface area contributed by atoms with Crippen molar-refractivity contribution in [3.63, 3.8) is 0 Å². The summed E-state index contributed by atoms with van der Waals surface area (Å²) < 4.78 is 0. The number of alkyl halides is 1. The first-order chi connectivity index (χ1) is 6.70. The Kier molecular flexibility index (Phi) is 2.44. The molecule has 0 aromatic heterocycles. The molecule has 0 aliphatic carbocycles. The van der Waals surface area contributed by atoms with Gasteiger partial charge in [0.15, 0.2) is 0 Å². The van der Waals surface area contributed by atoms with Crippen LogP contribution >= 0.6 is 11.6 Å². The third kappa shape index (κ3) is 1.61. The molecule has 1 unspecified atom stereocenters. The van der Waals surface area contributed by atoms with Crippen LogP contribution in [0.5, 0.6) is 0 Å². The number of carbonyl (C=O) groups is 1. The summed E-state index contributed by atoms with van der Waals surface area (Å²) in [6.45, 7) is 0. The van der Waals surface area contributed by atoms with Crippen molar-refractivity contribution in [2.75, 3.05) is 12.4 Å². The number of anilines is 1. The lowest BCUT2D eigenvalue weighted by Gasteiger charge is -2.09. The van der Waals surface area contributed by atoms with E-state index in [2.05, 4.69) is 10.6 Å². The highest BCUT2D eigenvalue weighted by Gasteiger charge is 2.18. The van der Waals surface area contributed by atoms with Crippen LogP contribution in [-0.2, 0) is 11.2 Å². The van der Waals surface area contributed by atoms with Gasteiger partial charge in [-0.2, -0.15) is 0 Å². The number of rotatable bonds is 2. The Balaban J connectivity index is 2.32. The van der Waals surface area contributed by atoms with Crippen molar-refractivity contribution < 1.29 is 4.79 Å². The molecule has 3 nitrogen and oxygen atoms in total. The Bertz CT molecular complexity index is 378. The van der Waals surface area contributed by atoms with Gasteiger partial charge in [-0.25, -0.2) is 0 Å². The number of hydrogen-bond acceptors (Lipinski definition) is 2. The number of halogens is 1. The van der Waals surface area contributed by atoms with Gasteiger partial charge in [-0.1, -0.05) is 12.1 Å². The summed E-state index contributed by atoms with van der Waals surface area (Å²) in [7, 11) is 1.80. The van der Waals surface area contributed by atoms with Crippen LogP contribution in [0.4, 0.5) is 5.69 Å². The van der Waals surface area contributed by atoms with Gasteiger partial charge in [0.25, 0.3) is 0 Å². The first-order valence-corrected chi connectivity index (χ1v) is 4.88. The van der Waals surface area contributed by atoms with Gasteiger partial charge in [0.2, 0.25) is 5.91 Å². The molecule has 4 heteroatoms. The van der Waals surface area contributed by atoms with Crippen LogP contribution < -0.4 is 10.6 Å². The molecule has 1 atom stereocenters. The average molecular weight is 211 g/mol. The molecule has 0 saturated carbocycles. The van der Waals surface area contributed by atoms with Crippen LogP contribution in [0.3, 0.4) is 0 Å². The fourth-order valence-electron chi connectivity index (χ4n) is 1.57. The minimum atomic E-state index is -0.198. The van der Waals surface area contributed by atoms with E-state index < -0.39 is 0 Å². The predicted molar refractivity (Wildman–Crippen MR) is 56.4 cm³/mol. The molecule has 0 fully saturated rings. The third-order valence-corrected chi connectivity index (χ3v) is 2.77. The zero-order valence-electron chi connectivity index (χ0n) is 7.80. The lowest BCUT2D eigenvalue weighted by molar-refractivity contribution is -0.115. The van der Waals surface area contributed by atoms with Gasteiger partial charge in [-0.15, -0.1) is 11.6 Å². The predicted octanol–water partition coefficient (Wildman–Crippen LogP) is 1.64. The van der Waals surface area contributed by atoms with E-state index in [1.807, 2.05) is 18.2 Å². The van der Waals surface area contributed by atoms with Crippen molar-refractivity contribution in [1.29, 1.82) is 0 Å². The van der Waals surface area contributed by atoms with Crippen molar-refractivity contribution in [2.24, 2.45) is 0 Å². The largest absolute Gasteiger partial charge is 0.326 e. The molecular weight excluding hydrogens is 200 g/mol. The van der Waals surface area contributed by atoms with Gasteiger partial charge >= 0.3 is 0 Å². The smallest absolute Gasteiger partial charge is 0.228 e. The second-order valence-corrected chi connectivity index (χ2v) is 3.73. The lowest BCUT2D eigenvalue weighted by Crippen LogP contribution is -2.09. The Morgan fingerprint density at radius 2 is 2.36 bits per heavy atom. The summed E-state index contributed by atoms with van der Waals surface area (Å²) in [6.07, 6.45) is 0.455.